The average molecular weight is 252 g/mol. The molecule has 1 amide bonds. The fraction of sp³-hybridized carbons (Fsp3) is 0.250. The molecule has 1 aliphatic rings. The zero-order valence-corrected chi connectivity index (χ0v) is 10.9. The largest absolute Gasteiger partial charge is 0.326 e. The summed E-state index contributed by atoms with van der Waals surface area (Å²) in [6, 6.07) is 8.34. The van der Waals surface area contributed by atoms with E-state index in [9.17, 15) is 4.79 Å². The summed E-state index contributed by atoms with van der Waals surface area (Å²) in [5.74, 6) is 0.122. The van der Waals surface area contributed by atoms with Gasteiger partial charge in [-0.05, 0) is 47.7 Å². The number of nitrogens with zero attached hydrogens (tertiary/aromatic N) is 1. The molecule has 0 unspecified atom stereocenters. The molecule has 1 aromatic carbocycles. The maximum Gasteiger partial charge on any atom is 0.224 e. The SMILES string of the molecule is CCc1cc(-c2cccnc2)cc2c1NC(=O)CC2. The third-order valence-electron chi connectivity index (χ3n) is 3.56. The van der Waals surface area contributed by atoms with Gasteiger partial charge in [0.25, 0.3) is 0 Å². The predicted molar refractivity (Wildman–Crippen MR) is 76.0 cm³/mol. The van der Waals surface area contributed by atoms with Crippen molar-refractivity contribution < 1.29 is 4.79 Å². The first-order valence-corrected chi connectivity index (χ1v) is 6.64. The molecule has 0 radical (unpaired) electrons. The number of aromatic nitrogens is 1. The Morgan fingerprint density at radius 3 is 2.89 bits per heavy atom. The van der Waals surface area contributed by atoms with Crippen molar-refractivity contribution in [2.24, 2.45) is 0 Å². The smallest absolute Gasteiger partial charge is 0.224 e. The normalized spacial score (nSPS) is 13.8. The van der Waals surface area contributed by atoms with Crippen LogP contribution in [0.3, 0.4) is 0 Å². The van der Waals surface area contributed by atoms with Gasteiger partial charge >= 0.3 is 0 Å². The Labute approximate surface area is 112 Å². The predicted octanol–water partition coefficient (Wildman–Crippen LogP) is 3.20. The van der Waals surface area contributed by atoms with Crippen molar-refractivity contribution in [3.63, 3.8) is 0 Å². The van der Waals surface area contributed by atoms with Gasteiger partial charge in [-0.3, -0.25) is 9.78 Å². The number of fused-ring (bicyclic) bond motifs is 1. The molecule has 0 saturated heterocycles. The van der Waals surface area contributed by atoms with Crippen LogP contribution in [0.4, 0.5) is 5.69 Å². The Balaban J connectivity index is 2.12. The molecule has 0 saturated carbocycles. The lowest BCUT2D eigenvalue weighted by Crippen LogP contribution is -2.20. The lowest BCUT2D eigenvalue weighted by atomic mass is 9.93. The van der Waals surface area contributed by atoms with Crippen LogP contribution in [0.2, 0.25) is 0 Å². The molecule has 3 heteroatoms. The summed E-state index contributed by atoms with van der Waals surface area (Å²) in [5.41, 5.74) is 5.75. The Morgan fingerprint density at radius 1 is 1.26 bits per heavy atom. The second kappa shape index (κ2) is 4.84. The monoisotopic (exact) mass is 252 g/mol. The summed E-state index contributed by atoms with van der Waals surface area (Å²) in [6.07, 6.45) is 5.97. The van der Waals surface area contributed by atoms with Crippen molar-refractivity contribution in [2.75, 3.05) is 5.32 Å². The minimum atomic E-state index is 0.122. The van der Waals surface area contributed by atoms with Crippen molar-refractivity contribution in [2.45, 2.75) is 26.2 Å². The Bertz CT molecular complexity index is 603. The van der Waals surface area contributed by atoms with Crippen LogP contribution in [0, 0.1) is 0 Å². The number of aryl methyl sites for hydroxylation is 2. The average Bonchev–Trinajstić information content (AvgIpc) is 2.47. The van der Waals surface area contributed by atoms with Gasteiger partial charge in [-0.2, -0.15) is 0 Å². The topological polar surface area (TPSA) is 42.0 Å². The molecule has 0 fully saturated rings. The standard InChI is InChI=1S/C16H16N2O/c1-2-11-8-14(13-4-3-7-17-10-13)9-12-5-6-15(19)18-16(11)12/h3-4,7-10H,2,5-6H2,1H3,(H,18,19). The van der Waals surface area contributed by atoms with Gasteiger partial charge in [-0.15, -0.1) is 0 Å². The molecular formula is C16H16N2O. The molecule has 19 heavy (non-hydrogen) atoms. The van der Waals surface area contributed by atoms with Crippen LogP contribution < -0.4 is 5.32 Å². The van der Waals surface area contributed by atoms with Crippen molar-refractivity contribution >= 4 is 11.6 Å². The first-order chi connectivity index (χ1) is 9.28. The molecule has 1 N–H and O–H groups in total. The van der Waals surface area contributed by atoms with Gasteiger partial charge in [0.05, 0.1) is 0 Å². The maximum atomic E-state index is 11.5. The Kier molecular flexibility index (Phi) is 3.03. The summed E-state index contributed by atoms with van der Waals surface area (Å²) in [7, 11) is 0. The minimum absolute atomic E-state index is 0.122. The van der Waals surface area contributed by atoms with Gasteiger partial charge in [0.15, 0.2) is 0 Å². The first-order valence-electron chi connectivity index (χ1n) is 6.64. The molecule has 0 aliphatic carbocycles. The number of carbonyl (C=O) groups is 1. The molecule has 0 atom stereocenters. The first kappa shape index (κ1) is 11.9. The Morgan fingerprint density at radius 2 is 2.16 bits per heavy atom. The van der Waals surface area contributed by atoms with E-state index in [1.807, 2.05) is 12.3 Å². The number of carbonyl (C=O) groups excluding carboxylic acids is 1. The van der Waals surface area contributed by atoms with Crippen LogP contribution in [0.1, 0.15) is 24.5 Å². The summed E-state index contributed by atoms with van der Waals surface area (Å²) < 4.78 is 0. The van der Waals surface area contributed by atoms with Crippen LogP contribution in [-0.2, 0) is 17.6 Å². The van der Waals surface area contributed by atoms with E-state index in [0.717, 1.165) is 24.1 Å². The van der Waals surface area contributed by atoms with Gasteiger partial charge in [0.1, 0.15) is 0 Å². The second-order valence-electron chi connectivity index (χ2n) is 4.81. The Hall–Kier alpha value is -2.16. The third-order valence-corrected chi connectivity index (χ3v) is 3.56. The van der Waals surface area contributed by atoms with Gasteiger partial charge in [-0.25, -0.2) is 0 Å². The summed E-state index contributed by atoms with van der Waals surface area (Å²) in [4.78, 5) is 15.7. The zero-order valence-electron chi connectivity index (χ0n) is 10.9. The summed E-state index contributed by atoms with van der Waals surface area (Å²) in [6.45, 7) is 2.11. The number of nitrogens with one attached hydrogen (secondary N) is 1. The molecule has 2 aromatic rings. The molecule has 0 spiro atoms. The van der Waals surface area contributed by atoms with Crippen LogP contribution in [0.15, 0.2) is 36.7 Å². The van der Waals surface area contributed by atoms with Gasteiger partial charge < -0.3 is 5.32 Å². The number of benzene rings is 1. The number of rotatable bonds is 2. The van der Waals surface area contributed by atoms with Crippen LogP contribution >= 0.6 is 0 Å². The van der Waals surface area contributed by atoms with Gasteiger partial charge in [-0.1, -0.05) is 13.0 Å². The molecule has 3 nitrogen and oxygen atoms in total. The van der Waals surface area contributed by atoms with E-state index in [2.05, 4.69) is 35.4 Å². The molecule has 96 valence electrons. The molecule has 3 rings (SSSR count). The highest BCUT2D eigenvalue weighted by atomic mass is 16.1. The van der Waals surface area contributed by atoms with Crippen LogP contribution in [0.25, 0.3) is 11.1 Å². The molecule has 1 aromatic heterocycles. The van der Waals surface area contributed by atoms with Gasteiger partial charge in [0, 0.05) is 30.1 Å². The highest BCUT2D eigenvalue weighted by Crippen LogP contribution is 2.32. The zero-order chi connectivity index (χ0) is 13.2. The van der Waals surface area contributed by atoms with E-state index >= 15 is 0 Å². The van der Waals surface area contributed by atoms with Crippen LogP contribution in [-0.4, -0.2) is 10.9 Å². The van der Waals surface area contributed by atoms with Crippen molar-refractivity contribution in [1.82, 2.24) is 4.98 Å². The fourth-order valence-corrected chi connectivity index (χ4v) is 2.55. The van der Waals surface area contributed by atoms with Gasteiger partial charge in [0.2, 0.25) is 5.91 Å². The number of hydrogen-bond acceptors (Lipinski definition) is 2. The lowest BCUT2D eigenvalue weighted by Gasteiger charge is -2.21. The van der Waals surface area contributed by atoms with E-state index in [1.165, 1.54) is 16.7 Å². The fourth-order valence-electron chi connectivity index (χ4n) is 2.55. The van der Waals surface area contributed by atoms with Crippen LogP contribution in [0.5, 0.6) is 0 Å². The summed E-state index contributed by atoms with van der Waals surface area (Å²) in [5, 5.41) is 3.00. The number of hydrogen-bond donors (Lipinski definition) is 1. The maximum absolute atomic E-state index is 11.5. The van der Waals surface area contributed by atoms with Crippen molar-refractivity contribution in [1.29, 1.82) is 0 Å². The van der Waals surface area contributed by atoms with E-state index in [-0.39, 0.29) is 5.91 Å². The molecule has 0 bridgehead atoms. The minimum Gasteiger partial charge on any atom is -0.326 e. The molecule has 1 aliphatic heterocycles. The van der Waals surface area contributed by atoms with E-state index in [4.69, 9.17) is 0 Å². The highest BCUT2D eigenvalue weighted by molar-refractivity contribution is 5.95. The molecular weight excluding hydrogens is 236 g/mol. The number of amides is 1. The van der Waals surface area contributed by atoms with E-state index in [0.29, 0.717) is 6.42 Å². The van der Waals surface area contributed by atoms with Crippen molar-refractivity contribution in [3.05, 3.63) is 47.8 Å². The van der Waals surface area contributed by atoms with Crippen molar-refractivity contribution in [3.8, 4) is 11.1 Å². The quantitative estimate of drug-likeness (QED) is 0.891. The molecule has 2 heterocycles. The van der Waals surface area contributed by atoms with E-state index < -0.39 is 0 Å². The number of anilines is 1. The highest BCUT2D eigenvalue weighted by Gasteiger charge is 2.18. The summed E-state index contributed by atoms with van der Waals surface area (Å²) >= 11 is 0. The van der Waals surface area contributed by atoms with E-state index in [1.54, 1.807) is 6.20 Å². The second-order valence-corrected chi connectivity index (χ2v) is 4.81. The lowest BCUT2D eigenvalue weighted by molar-refractivity contribution is -0.116. The third kappa shape index (κ3) is 2.24. The number of pyridine rings is 1.